The van der Waals surface area contributed by atoms with Gasteiger partial charge in [-0.3, -0.25) is 0 Å². The summed E-state index contributed by atoms with van der Waals surface area (Å²) < 4.78 is 5.49. The van der Waals surface area contributed by atoms with Gasteiger partial charge in [-0.25, -0.2) is 0 Å². The minimum atomic E-state index is -0.719. The number of rotatable bonds is 6. The lowest BCUT2D eigenvalue weighted by Gasteiger charge is -2.03. The maximum Gasteiger partial charge on any atom is 0.247 e. The molecule has 7 heteroatoms. The summed E-state index contributed by atoms with van der Waals surface area (Å²) in [4.78, 5) is 0. The second kappa shape index (κ2) is 6.91. The molecule has 1 atom stereocenters. The number of hydrogen-bond acceptors (Lipinski definition) is 6. The molecule has 0 aliphatic heterocycles. The maximum absolute atomic E-state index is 9.20. The Bertz CT molecular complexity index is 518. The summed E-state index contributed by atoms with van der Waals surface area (Å²) in [6.45, 7) is -0.243. The summed E-state index contributed by atoms with van der Waals surface area (Å²) in [5.41, 5.74) is 0.809. The number of thioether (sulfide) groups is 1. The van der Waals surface area contributed by atoms with Crippen molar-refractivity contribution in [2.75, 3.05) is 12.4 Å². The number of aromatic nitrogens is 2. The Labute approximate surface area is 119 Å². The fraction of sp³-hybridized carbons (Fsp3) is 0.333. The molecule has 0 saturated heterocycles. The van der Waals surface area contributed by atoms with Gasteiger partial charge in [0.15, 0.2) is 0 Å². The molecule has 0 fully saturated rings. The largest absolute Gasteiger partial charge is 0.420 e. The first kappa shape index (κ1) is 14.3. The van der Waals surface area contributed by atoms with Crippen molar-refractivity contribution < 1.29 is 14.6 Å². The molecule has 0 bridgehead atoms. The molecule has 102 valence electrons. The average Bonchev–Trinajstić information content (AvgIpc) is 2.88. The minimum Gasteiger partial charge on any atom is -0.420 e. The smallest absolute Gasteiger partial charge is 0.247 e. The number of benzene rings is 1. The monoisotopic (exact) mass is 300 g/mol. The molecule has 5 nitrogen and oxygen atoms in total. The van der Waals surface area contributed by atoms with Gasteiger partial charge < -0.3 is 14.6 Å². The molecule has 19 heavy (non-hydrogen) atoms. The van der Waals surface area contributed by atoms with Crippen LogP contribution in [0.25, 0.3) is 11.5 Å². The Kier molecular flexibility index (Phi) is 5.21. The molecule has 2 aromatic rings. The van der Waals surface area contributed by atoms with Crippen LogP contribution in [0.3, 0.4) is 0 Å². The van der Waals surface area contributed by atoms with Crippen molar-refractivity contribution >= 4 is 23.4 Å². The highest BCUT2D eigenvalue weighted by Gasteiger charge is 2.09. The first-order chi connectivity index (χ1) is 9.19. The van der Waals surface area contributed by atoms with Gasteiger partial charge in [0.2, 0.25) is 11.8 Å². The molecule has 2 rings (SSSR count). The molecule has 0 aliphatic carbocycles. The summed E-state index contributed by atoms with van der Waals surface area (Å²) >= 11 is 7.22. The van der Waals surface area contributed by atoms with E-state index in [1.165, 1.54) is 11.8 Å². The van der Waals surface area contributed by atoms with E-state index < -0.39 is 6.10 Å². The SMILES string of the molecule is OC[C@@H](O)CSCc1nnc(-c2ccc(Cl)cc2)o1. The highest BCUT2D eigenvalue weighted by Crippen LogP contribution is 2.21. The summed E-state index contributed by atoms with van der Waals surface area (Å²) in [7, 11) is 0. The van der Waals surface area contributed by atoms with Gasteiger partial charge >= 0.3 is 0 Å². The number of halogens is 1. The molecule has 0 spiro atoms. The zero-order valence-electron chi connectivity index (χ0n) is 9.99. The van der Waals surface area contributed by atoms with Gasteiger partial charge in [-0.05, 0) is 24.3 Å². The normalized spacial score (nSPS) is 12.6. The van der Waals surface area contributed by atoms with E-state index in [0.29, 0.717) is 28.3 Å². The van der Waals surface area contributed by atoms with Gasteiger partial charge in [0.1, 0.15) is 0 Å². The average molecular weight is 301 g/mol. The van der Waals surface area contributed by atoms with E-state index in [1.54, 1.807) is 12.1 Å². The number of hydrogen-bond donors (Lipinski definition) is 2. The van der Waals surface area contributed by atoms with Gasteiger partial charge in [-0.15, -0.1) is 22.0 Å². The van der Waals surface area contributed by atoms with Crippen LogP contribution in [0, 0.1) is 0 Å². The van der Waals surface area contributed by atoms with Crippen LogP contribution in [0.4, 0.5) is 0 Å². The van der Waals surface area contributed by atoms with E-state index in [1.807, 2.05) is 12.1 Å². The van der Waals surface area contributed by atoms with E-state index in [0.717, 1.165) is 5.56 Å². The Hall–Kier alpha value is -1.08. The van der Waals surface area contributed by atoms with Crippen LogP contribution in [-0.2, 0) is 5.75 Å². The molecule has 0 unspecified atom stereocenters. The van der Waals surface area contributed by atoms with Crippen molar-refractivity contribution in [1.82, 2.24) is 10.2 Å². The predicted molar refractivity (Wildman–Crippen MR) is 74.0 cm³/mol. The van der Waals surface area contributed by atoms with Crippen LogP contribution in [-0.4, -0.2) is 38.9 Å². The van der Waals surface area contributed by atoms with Gasteiger partial charge in [-0.2, -0.15) is 0 Å². The molecule has 1 heterocycles. The summed E-state index contributed by atoms with van der Waals surface area (Å²) in [6.07, 6.45) is -0.719. The number of nitrogens with zero attached hydrogens (tertiary/aromatic N) is 2. The minimum absolute atomic E-state index is 0.243. The van der Waals surface area contributed by atoms with Gasteiger partial charge in [0, 0.05) is 16.3 Å². The van der Waals surface area contributed by atoms with Crippen molar-refractivity contribution in [2.45, 2.75) is 11.9 Å². The first-order valence-electron chi connectivity index (χ1n) is 5.64. The fourth-order valence-electron chi connectivity index (χ4n) is 1.36. The third-order valence-electron chi connectivity index (χ3n) is 2.30. The van der Waals surface area contributed by atoms with Crippen LogP contribution in [0.5, 0.6) is 0 Å². The van der Waals surface area contributed by atoms with Crippen LogP contribution in [0.1, 0.15) is 5.89 Å². The van der Waals surface area contributed by atoms with Crippen LogP contribution >= 0.6 is 23.4 Å². The van der Waals surface area contributed by atoms with E-state index >= 15 is 0 Å². The number of aliphatic hydroxyl groups is 2. The van der Waals surface area contributed by atoms with Crippen molar-refractivity contribution in [3.05, 3.63) is 35.2 Å². The van der Waals surface area contributed by atoms with E-state index in [9.17, 15) is 5.11 Å². The van der Waals surface area contributed by atoms with Crippen LogP contribution < -0.4 is 0 Å². The quantitative estimate of drug-likeness (QED) is 0.849. The molecule has 0 aliphatic rings. The summed E-state index contributed by atoms with van der Waals surface area (Å²) in [5, 5.41) is 26.4. The topological polar surface area (TPSA) is 79.4 Å². The highest BCUT2D eigenvalue weighted by atomic mass is 35.5. The zero-order valence-corrected chi connectivity index (χ0v) is 11.6. The Morgan fingerprint density at radius 2 is 2.00 bits per heavy atom. The molecular formula is C12H13ClN2O3S. The molecular weight excluding hydrogens is 288 g/mol. The second-order valence-electron chi connectivity index (χ2n) is 3.86. The lowest BCUT2D eigenvalue weighted by atomic mass is 10.2. The van der Waals surface area contributed by atoms with Crippen LogP contribution in [0.15, 0.2) is 28.7 Å². The van der Waals surface area contributed by atoms with Crippen molar-refractivity contribution in [2.24, 2.45) is 0 Å². The first-order valence-corrected chi connectivity index (χ1v) is 7.17. The van der Waals surface area contributed by atoms with Crippen molar-refractivity contribution in [3.8, 4) is 11.5 Å². The summed E-state index contributed by atoms with van der Waals surface area (Å²) in [5.74, 6) is 1.85. The molecule has 1 aromatic heterocycles. The van der Waals surface area contributed by atoms with E-state index in [4.69, 9.17) is 21.1 Å². The maximum atomic E-state index is 9.20. The predicted octanol–water partition coefficient (Wildman–Crippen LogP) is 1.98. The molecule has 2 N–H and O–H groups in total. The third kappa shape index (κ3) is 4.21. The lowest BCUT2D eigenvalue weighted by Crippen LogP contribution is -2.14. The molecule has 1 aromatic carbocycles. The van der Waals surface area contributed by atoms with Gasteiger partial charge in [0.25, 0.3) is 0 Å². The van der Waals surface area contributed by atoms with Crippen molar-refractivity contribution in [1.29, 1.82) is 0 Å². The van der Waals surface area contributed by atoms with Gasteiger partial charge in [-0.1, -0.05) is 11.6 Å². The Balaban J connectivity index is 1.93. The van der Waals surface area contributed by atoms with Gasteiger partial charge in [0.05, 0.1) is 18.5 Å². The fourth-order valence-corrected chi connectivity index (χ4v) is 2.27. The molecule has 0 radical (unpaired) electrons. The lowest BCUT2D eigenvalue weighted by molar-refractivity contribution is 0.113. The van der Waals surface area contributed by atoms with E-state index in [-0.39, 0.29) is 6.61 Å². The zero-order chi connectivity index (χ0) is 13.7. The van der Waals surface area contributed by atoms with E-state index in [2.05, 4.69) is 10.2 Å². The second-order valence-corrected chi connectivity index (χ2v) is 5.33. The number of aliphatic hydroxyl groups excluding tert-OH is 2. The third-order valence-corrected chi connectivity index (χ3v) is 3.63. The Morgan fingerprint density at radius 3 is 2.68 bits per heavy atom. The Morgan fingerprint density at radius 1 is 1.26 bits per heavy atom. The van der Waals surface area contributed by atoms with Crippen LogP contribution in [0.2, 0.25) is 5.02 Å². The highest BCUT2D eigenvalue weighted by molar-refractivity contribution is 7.98. The molecule has 0 amide bonds. The standard InChI is InChI=1S/C12H13ClN2O3S/c13-9-3-1-8(2-4-9)12-15-14-11(18-12)7-19-6-10(17)5-16/h1-4,10,16-17H,5-7H2/t10-/m1/s1. The molecule has 0 saturated carbocycles. The van der Waals surface area contributed by atoms with Crippen molar-refractivity contribution in [3.63, 3.8) is 0 Å². The summed E-state index contributed by atoms with van der Waals surface area (Å²) in [6, 6.07) is 7.13.